The number of hydrogen-bond donors (Lipinski definition) is 2. The van der Waals surface area contributed by atoms with Gasteiger partial charge in [0.25, 0.3) is 0 Å². The molecular weight excluding hydrogens is 214 g/mol. The van der Waals surface area contributed by atoms with Crippen molar-refractivity contribution < 1.29 is 4.79 Å². The molecule has 0 saturated carbocycles. The van der Waals surface area contributed by atoms with Crippen LogP contribution < -0.4 is 10.6 Å². The Morgan fingerprint density at radius 2 is 2.29 bits per heavy atom. The lowest BCUT2D eigenvalue weighted by atomic mass is 9.98. The molecular formula is C13H25N3O. The predicted octanol–water partition coefficient (Wildman–Crippen LogP) is 0.587. The summed E-state index contributed by atoms with van der Waals surface area (Å²) in [7, 11) is 2.16. The normalized spacial score (nSPS) is 30.4. The van der Waals surface area contributed by atoms with Gasteiger partial charge in [0.2, 0.25) is 5.91 Å². The number of carbonyl (C=O) groups excluding carboxylic acids is 1. The van der Waals surface area contributed by atoms with Crippen molar-refractivity contribution in [2.45, 2.75) is 38.1 Å². The molecule has 0 aromatic rings. The molecule has 0 aromatic heterocycles. The molecule has 2 fully saturated rings. The highest BCUT2D eigenvalue weighted by Crippen LogP contribution is 2.14. The van der Waals surface area contributed by atoms with Gasteiger partial charge in [-0.25, -0.2) is 0 Å². The van der Waals surface area contributed by atoms with Gasteiger partial charge in [-0.3, -0.25) is 4.79 Å². The first-order valence-corrected chi connectivity index (χ1v) is 6.92. The molecule has 0 aliphatic carbocycles. The second-order valence-electron chi connectivity index (χ2n) is 5.57. The van der Waals surface area contributed by atoms with Crippen LogP contribution >= 0.6 is 0 Å². The lowest BCUT2D eigenvalue weighted by molar-refractivity contribution is -0.121. The number of rotatable bonds is 4. The Morgan fingerprint density at radius 1 is 1.41 bits per heavy atom. The van der Waals surface area contributed by atoms with Crippen molar-refractivity contribution in [3.05, 3.63) is 0 Å². The van der Waals surface area contributed by atoms with Crippen LogP contribution in [0.15, 0.2) is 0 Å². The third-order valence-electron chi connectivity index (χ3n) is 3.90. The molecule has 2 N–H and O–H groups in total. The molecule has 98 valence electrons. The molecule has 2 aliphatic heterocycles. The lowest BCUT2D eigenvalue weighted by Gasteiger charge is -2.29. The fraction of sp³-hybridized carbons (Fsp3) is 0.923. The molecule has 2 aliphatic rings. The third-order valence-corrected chi connectivity index (χ3v) is 3.90. The first-order valence-electron chi connectivity index (χ1n) is 6.92. The maximum atomic E-state index is 11.8. The molecule has 4 nitrogen and oxygen atoms in total. The standard InChI is InChI=1S/C13H25N3O/c1-16-7-3-4-11(10-16)9-15-13(17)8-12-5-2-6-14-12/h11-12,14H,2-10H2,1H3,(H,15,17). The first-order chi connectivity index (χ1) is 8.24. The molecule has 1 amide bonds. The van der Waals surface area contributed by atoms with Crippen molar-refractivity contribution in [3.8, 4) is 0 Å². The Morgan fingerprint density at radius 3 is 3.00 bits per heavy atom. The SMILES string of the molecule is CN1CCCC(CNC(=O)CC2CCCN2)C1. The van der Waals surface area contributed by atoms with Gasteiger partial charge < -0.3 is 15.5 Å². The van der Waals surface area contributed by atoms with E-state index in [9.17, 15) is 4.79 Å². The quantitative estimate of drug-likeness (QED) is 0.754. The van der Waals surface area contributed by atoms with E-state index in [1.807, 2.05) is 0 Å². The van der Waals surface area contributed by atoms with Crippen molar-refractivity contribution in [1.29, 1.82) is 0 Å². The fourth-order valence-electron chi connectivity index (χ4n) is 2.92. The molecule has 17 heavy (non-hydrogen) atoms. The monoisotopic (exact) mass is 239 g/mol. The van der Waals surface area contributed by atoms with E-state index in [1.54, 1.807) is 0 Å². The zero-order chi connectivity index (χ0) is 12.1. The lowest BCUT2D eigenvalue weighted by Crippen LogP contribution is -2.40. The van der Waals surface area contributed by atoms with E-state index in [4.69, 9.17) is 0 Å². The van der Waals surface area contributed by atoms with Gasteiger partial charge in [-0.1, -0.05) is 0 Å². The smallest absolute Gasteiger partial charge is 0.221 e. The molecule has 2 saturated heterocycles. The van der Waals surface area contributed by atoms with E-state index in [1.165, 1.54) is 25.8 Å². The Kier molecular flexibility index (Phi) is 4.80. The van der Waals surface area contributed by atoms with Crippen LogP contribution in [0.25, 0.3) is 0 Å². The van der Waals surface area contributed by atoms with Gasteiger partial charge in [0, 0.05) is 25.6 Å². The number of piperidine rings is 1. The minimum absolute atomic E-state index is 0.220. The number of carbonyl (C=O) groups is 1. The van der Waals surface area contributed by atoms with Crippen molar-refractivity contribution in [1.82, 2.24) is 15.5 Å². The molecule has 0 radical (unpaired) electrons. The van der Waals surface area contributed by atoms with Crippen molar-refractivity contribution in [2.24, 2.45) is 5.92 Å². The Labute approximate surface area is 104 Å². The summed E-state index contributed by atoms with van der Waals surface area (Å²) in [6, 6.07) is 0.420. The van der Waals surface area contributed by atoms with Gasteiger partial charge in [0.15, 0.2) is 0 Å². The number of nitrogens with zero attached hydrogens (tertiary/aromatic N) is 1. The zero-order valence-electron chi connectivity index (χ0n) is 10.9. The molecule has 2 unspecified atom stereocenters. The highest BCUT2D eigenvalue weighted by atomic mass is 16.1. The second kappa shape index (κ2) is 6.36. The summed E-state index contributed by atoms with van der Waals surface area (Å²) in [6.07, 6.45) is 5.54. The number of nitrogens with one attached hydrogen (secondary N) is 2. The number of hydrogen-bond acceptors (Lipinski definition) is 3. The third kappa shape index (κ3) is 4.28. The topological polar surface area (TPSA) is 44.4 Å². The predicted molar refractivity (Wildman–Crippen MR) is 68.9 cm³/mol. The minimum Gasteiger partial charge on any atom is -0.356 e. The van der Waals surface area contributed by atoms with E-state index < -0.39 is 0 Å². The van der Waals surface area contributed by atoms with Gasteiger partial charge in [0.05, 0.1) is 0 Å². The van der Waals surface area contributed by atoms with E-state index >= 15 is 0 Å². The largest absolute Gasteiger partial charge is 0.356 e. The van der Waals surface area contributed by atoms with Crippen LogP contribution in [0.3, 0.4) is 0 Å². The highest BCUT2D eigenvalue weighted by Gasteiger charge is 2.20. The van der Waals surface area contributed by atoms with E-state index in [2.05, 4.69) is 22.6 Å². The summed E-state index contributed by atoms with van der Waals surface area (Å²) in [5.74, 6) is 0.867. The maximum Gasteiger partial charge on any atom is 0.221 e. The van der Waals surface area contributed by atoms with Crippen LogP contribution in [0.2, 0.25) is 0 Å². The molecule has 4 heteroatoms. The number of likely N-dealkylation sites (tertiary alicyclic amines) is 1. The van der Waals surface area contributed by atoms with Gasteiger partial charge in [-0.15, -0.1) is 0 Å². The van der Waals surface area contributed by atoms with Crippen LogP contribution in [-0.2, 0) is 4.79 Å². The van der Waals surface area contributed by atoms with Gasteiger partial charge in [-0.05, 0) is 51.7 Å². The van der Waals surface area contributed by atoms with Crippen LogP contribution in [0.1, 0.15) is 32.1 Å². The fourth-order valence-corrected chi connectivity index (χ4v) is 2.92. The summed E-state index contributed by atoms with van der Waals surface area (Å²) < 4.78 is 0. The number of amides is 1. The van der Waals surface area contributed by atoms with Crippen LogP contribution in [0.4, 0.5) is 0 Å². The summed E-state index contributed by atoms with van der Waals surface area (Å²) >= 11 is 0. The average molecular weight is 239 g/mol. The van der Waals surface area contributed by atoms with Gasteiger partial charge in [0.1, 0.15) is 0 Å². The molecule has 2 atom stereocenters. The first kappa shape index (κ1) is 12.8. The minimum atomic E-state index is 0.220. The zero-order valence-corrected chi connectivity index (χ0v) is 10.9. The van der Waals surface area contributed by atoms with E-state index in [0.717, 1.165) is 26.1 Å². The molecule has 0 bridgehead atoms. The van der Waals surface area contributed by atoms with E-state index in [0.29, 0.717) is 18.4 Å². The maximum absolute atomic E-state index is 11.8. The molecule has 2 rings (SSSR count). The summed E-state index contributed by atoms with van der Waals surface area (Å²) in [5.41, 5.74) is 0. The van der Waals surface area contributed by atoms with Crippen molar-refractivity contribution in [2.75, 3.05) is 33.2 Å². The Bertz CT molecular complexity index is 251. The Hall–Kier alpha value is -0.610. The average Bonchev–Trinajstić information content (AvgIpc) is 2.79. The molecule has 0 aromatic carbocycles. The molecule has 2 heterocycles. The van der Waals surface area contributed by atoms with Gasteiger partial charge in [-0.2, -0.15) is 0 Å². The molecule has 0 spiro atoms. The Balaban J connectivity index is 1.61. The van der Waals surface area contributed by atoms with Crippen LogP contribution in [0.5, 0.6) is 0 Å². The van der Waals surface area contributed by atoms with Gasteiger partial charge >= 0.3 is 0 Å². The van der Waals surface area contributed by atoms with Crippen LogP contribution in [0, 0.1) is 5.92 Å². The second-order valence-corrected chi connectivity index (χ2v) is 5.57. The summed E-state index contributed by atoms with van der Waals surface area (Å²) in [6.45, 7) is 4.26. The summed E-state index contributed by atoms with van der Waals surface area (Å²) in [5, 5.41) is 6.46. The van der Waals surface area contributed by atoms with Crippen molar-refractivity contribution >= 4 is 5.91 Å². The van der Waals surface area contributed by atoms with Crippen molar-refractivity contribution in [3.63, 3.8) is 0 Å². The summed E-state index contributed by atoms with van der Waals surface area (Å²) in [4.78, 5) is 14.1. The highest BCUT2D eigenvalue weighted by molar-refractivity contribution is 5.76. The van der Waals surface area contributed by atoms with Crippen LogP contribution in [-0.4, -0.2) is 50.1 Å². The van der Waals surface area contributed by atoms with E-state index in [-0.39, 0.29) is 5.91 Å².